The Morgan fingerprint density at radius 3 is 2.44 bits per heavy atom. The number of hydrogen-bond donors (Lipinski definition) is 2. The van der Waals surface area contributed by atoms with Gasteiger partial charge in [-0.1, -0.05) is 11.8 Å². The summed E-state index contributed by atoms with van der Waals surface area (Å²) in [6, 6.07) is 10.3. The maximum absolute atomic E-state index is 12.2. The molecule has 2 aliphatic heterocycles. The number of nitrogens with one attached hydrogen (secondary N) is 2. The molecule has 1 aromatic carbocycles. The number of aromatic nitrogens is 2. The van der Waals surface area contributed by atoms with E-state index in [0.717, 1.165) is 66.7 Å². The highest BCUT2D eigenvalue weighted by Crippen LogP contribution is 2.31. The smallest absolute Gasteiger partial charge is 0.228 e. The minimum absolute atomic E-state index is 0.0355. The molecule has 8 nitrogen and oxygen atoms in total. The van der Waals surface area contributed by atoms with Crippen molar-refractivity contribution < 1.29 is 9.53 Å². The fraction of sp³-hybridized carbons (Fsp3) is 0.393. The lowest BCUT2D eigenvalue weighted by atomic mass is 10.1. The van der Waals surface area contributed by atoms with Crippen LogP contribution in [0, 0.1) is 17.8 Å². The number of pyridine rings is 2. The number of fused-ring (bicyclic) bond motifs is 3. The van der Waals surface area contributed by atoms with E-state index in [-0.39, 0.29) is 24.0 Å². The molecule has 1 amide bonds. The molecule has 2 atom stereocenters. The summed E-state index contributed by atoms with van der Waals surface area (Å²) < 4.78 is 6.11. The van der Waals surface area contributed by atoms with Crippen LogP contribution in [0.4, 0.5) is 17.3 Å². The summed E-state index contributed by atoms with van der Waals surface area (Å²) in [6.45, 7) is 3.78. The van der Waals surface area contributed by atoms with Gasteiger partial charge in [-0.25, -0.2) is 9.97 Å². The van der Waals surface area contributed by atoms with Crippen LogP contribution in [0.15, 0.2) is 42.7 Å². The van der Waals surface area contributed by atoms with Crippen LogP contribution < -0.4 is 15.5 Å². The number of benzene rings is 1. The van der Waals surface area contributed by atoms with E-state index in [1.165, 1.54) is 5.69 Å². The van der Waals surface area contributed by atoms with Crippen LogP contribution in [-0.2, 0) is 9.53 Å². The van der Waals surface area contributed by atoms with E-state index in [1.54, 1.807) is 12.4 Å². The van der Waals surface area contributed by atoms with Gasteiger partial charge < -0.3 is 25.2 Å². The molecular formula is C28H30N6O2. The maximum atomic E-state index is 12.2. The number of likely N-dealkylation sites (N-methyl/N-ethyl adjacent to an activating group) is 1. The Morgan fingerprint density at radius 2 is 1.75 bits per heavy atom. The lowest BCUT2D eigenvalue weighted by Gasteiger charge is -2.45. The number of rotatable bonds is 4. The topological polar surface area (TPSA) is 82.6 Å². The minimum Gasteiger partial charge on any atom is -0.373 e. The number of nitrogens with zero attached hydrogens (tertiary/aromatic N) is 4. The van der Waals surface area contributed by atoms with Crippen LogP contribution in [-0.4, -0.2) is 73.3 Å². The highest BCUT2D eigenvalue weighted by Gasteiger charge is 2.33. The van der Waals surface area contributed by atoms with Crippen LogP contribution >= 0.6 is 0 Å². The summed E-state index contributed by atoms with van der Waals surface area (Å²) in [5.41, 5.74) is 2.94. The Balaban J connectivity index is 1.23. The van der Waals surface area contributed by atoms with Gasteiger partial charge in [0.25, 0.3) is 0 Å². The van der Waals surface area contributed by atoms with Crippen molar-refractivity contribution in [1.82, 2.24) is 14.9 Å². The van der Waals surface area contributed by atoms with E-state index >= 15 is 0 Å². The summed E-state index contributed by atoms with van der Waals surface area (Å²) in [6.07, 6.45) is 5.94. The highest BCUT2D eigenvalue weighted by atomic mass is 16.5. The van der Waals surface area contributed by atoms with E-state index in [1.807, 2.05) is 13.1 Å². The summed E-state index contributed by atoms with van der Waals surface area (Å²) in [5, 5.41) is 7.82. The van der Waals surface area contributed by atoms with E-state index in [0.29, 0.717) is 5.82 Å². The number of carbonyl (C=O) groups excluding carboxylic acids is 1. The van der Waals surface area contributed by atoms with Crippen LogP contribution in [0.3, 0.4) is 0 Å². The summed E-state index contributed by atoms with van der Waals surface area (Å²) in [5.74, 6) is 8.00. The Kier molecular flexibility index (Phi) is 5.96. The average molecular weight is 483 g/mol. The standard InChI is InChI=1S/C28H30N6O2/c1-29-27-25-13-30-26(32-28(35)19-7-8-19)11-24(25)20(12-31-27)6-3-18-4-9-21(10-5-18)34-16-22-14-33(2)15-23(17-34)36-22/h4-5,9-13,19,22-23H,7-8,14-17H2,1-2H3,(H,29,31)(H,30,32,35). The fourth-order valence-electron chi connectivity index (χ4n) is 5.08. The molecule has 3 aliphatic rings. The highest BCUT2D eigenvalue weighted by molar-refractivity contribution is 5.99. The van der Waals surface area contributed by atoms with Gasteiger partial charge in [-0.2, -0.15) is 0 Å². The lowest BCUT2D eigenvalue weighted by Crippen LogP contribution is -2.58. The van der Waals surface area contributed by atoms with Crippen LogP contribution in [0.1, 0.15) is 24.0 Å². The molecule has 6 rings (SSSR count). The zero-order chi connectivity index (χ0) is 24.6. The first-order chi connectivity index (χ1) is 17.6. The minimum atomic E-state index is 0.0355. The second-order valence-corrected chi connectivity index (χ2v) is 9.95. The maximum Gasteiger partial charge on any atom is 0.228 e. The van der Waals surface area contributed by atoms with Crippen molar-refractivity contribution in [3.05, 3.63) is 53.9 Å². The first-order valence-corrected chi connectivity index (χ1v) is 12.5. The molecule has 3 fully saturated rings. The molecular weight excluding hydrogens is 452 g/mol. The predicted molar refractivity (Wildman–Crippen MR) is 141 cm³/mol. The van der Waals surface area contributed by atoms with Crippen molar-refractivity contribution in [3.63, 3.8) is 0 Å². The molecule has 0 spiro atoms. The molecule has 3 aromatic rings. The normalized spacial score (nSPS) is 21.6. The second-order valence-electron chi connectivity index (χ2n) is 9.95. The van der Waals surface area contributed by atoms with Gasteiger partial charge in [0, 0.05) is 73.6 Å². The van der Waals surface area contributed by atoms with Gasteiger partial charge in [0.1, 0.15) is 11.6 Å². The van der Waals surface area contributed by atoms with E-state index in [2.05, 4.69) is 73.6 Å². The Morgan fingerprint density at radius 1 is 1.00 bits per heavy atom. The van der Waals surface area contributed by atoms with Gasteiger partial charge in [0.15, 0.2) is 0 Å². The van der Waals surface area contributed by atoms with Crippen LogP contribution in [0.2, 0.25) is 0 Å². The molecule has 4 heterocycles. The third-order valence-corrected chi connectivity index (χ3v) is 7.05. The first-order valence-electron chi connectivity index (χ1n) is 12.5. The summed E-state index contributed by atoms with van der Waals surface area (Å²) in [4.78, 5) is 25.9. The quantitative estimate of drug-likeness (QED) is 0.554. The average Bonchev–Trinajstić information content (AvgIpc) is 3.73. The molecule has 8 heteroatoms. The predicted octanol–water partition coefficient (Wildman–Crippen LogP) is 2.94. The van der Waals surface area contributed by atoms with Crippen molar-refractivity contribution >= 4 is 34.0 Å². The van der Waals surface area contributed by atoms with Gasteiger partial charge in [0.05, 0.1) is 17.8 Å². The molecule has 1 saturated carbocycles. The van der Waals surface area contributed by atoms with Crippen LogP contribution in [0.5, 0.6) is 0 Å². The number of amides is 1. The molecule has 2 saturated heterocycles. The van der Waals surface area contributed by atoms with Gasteiger partial charge in [-0.15, -0.1) is 0 Å². The summed E-state index contributed by atoms with van der Waals surface area (Å²) in [7, 11) is 4.00. The van der Waals surface area contributed by atoms with Gasteiger partial charge in [-0.3, -0.25) is 4.79 Å². The molecule has 2 bridgehead atoms. The Labute approximate surface area is 211 Å². The van der Waals surface area contributed by atoms with Crippen molar-refractivity contribution in [2.45, 2.75) is 25.0 Å². The fourth-order valence-corrected chi connectivity index (χ4v) is 5.08. The third kappa shape index (κ3) is 4.72. The van der Waals surface area contributed by atoms with E-state index in [9.17, 15) is 4.79 Å². The Hall–Kier alpha value is -3.67. The van der Waals surface area contributed by atoms with Gasteiger partial charge in [0.2, 0.25) is 5.91 Å². The number of ether oxygens (including phenoxy) is 1. The first kappa shape index (κ1) is 22.8. The largest absolute Gasteiger partial charge is 0.373 e. The molecule has 0 radical (unpaired) electrons. The van der Waals surface area contributed by atoms with Crippen molar-refractivity contribution in [2.75, 3.05) is 55.8 Å². The van der Waals surface area contributed by atoms with Gasteiger partial charge >= 0.3 is 0 Å². The lowest BCUT2D eigenvalue weighted by molar-refractivity contribution is -0.117. The van der Waals surface area contributed by atoms with Gasteiger partial charge in [-0.05, 0) is 50.2 Å². The van der Waals surface area contributed by atoms with Crippen molar-refractivity contribution in [2.24, 2.45) is 5.92 Å². The van der Waals surface area contributed by atoms with Crippen molar-refractivity contribution in [1.29, 1.82) is 0 Å². The number of anilines is 3. The molecule has 184 valence electrons. The number of carbonyl (C=O) groups is 1. The Bertz CT molecular complexity index is 1340. The molecule has 2 aromatic heterocycles. The zero-order valence-corrected chi connectivity index (χ0v) is 20.6. The molecule has 2 unspecified atom stereocenters. The third-order valence-electron chi connectivity index (χ3n) is 7.05. The molecule has 36 heavy (non-hydrogen) atoms. The SMILES string of the molecule is CNc1ncc(C#Cc2ccc(N3CC4CN(C)CC(C3)O4)cc2)c2cc(NC(=O)C3CC3)ncc12. The van der Waals surface area contributed by atoms with E-state index in [4.69, 9.17) is 4.74 Å². The monoisotopic (exact) mass is 482 g/mol. The van der Waals surface area contributed by atoms with Crippen molar-refractivity contribution in [3.8, 4) is 11.8 Å². The molecule has 1 aliphatic carbocycles. The zero-order valence-electron chi connectivity index (χ0n) is 20.6. The second kappa shape index (κ2) is 9.41. The number of hydrogen-bond acceptors (Lipinski definition) is 7. The summed E-state index contributed by atoms with van der Waals surface area (Å²) >= 11 is 0. The van der Waals surface area contributed by atoms with Crippen LogP contribution in [0.25, 0.3) is 10.8 Å². The van der Waals surface area contributed by atoms with E-state index < -0.39 is 0 Å². The number of morpholine rings is 2. The molecule has 2 N–H and O–H groups in total.